The lowest BCUT2D eigenvalue weighted by molar-refractivity contribution is -0.119. The van der Waals surface area contributed by atoms with Crippen LogP contribution in [-0.2, 0) is 9.59 Å². The quantitative estimate of drug-likeness (QED) is 0.652. The summed E-state index contributed by atoms with van der Waals surface area (Å²) in [6.45, 7) is 9.17. The van der Waals surface area contributed by atoms with Crippen molar-refractivity contribution in [3.8, 4) is 0 Å². The third kappa shape index (κ3) is 5.99. The van der Waals surface area contributed by atoms with Crippen LogP contribution in [0.3, 0.4) is 0 Å². The highest BCUT2D eigenvalue weighted by Gasteiger charge is 2.07. The molecule has 78 valence electrons. The van der Waals surface area contributed by atoms with Gasteiger partial charge < -0.3 is 11.1 Å². The highest BCUT2D eigenvalue weighted by Crippen LogP contribution is 2.13. The van der Waals surface area contributed by atoms with Gasteiger partial charge in [-0.25, -0.2) is 0 Å². The Balaban J connectivity index is 4.19. The van der Waals surface area contributed by atoms with Crippen molar-refractivity contribution in [2.75, 3.05) is 0 Å². The molecule has 4 heteroatoms. The van der Waals surface area contributed by atoms with Crippen molar-refractivity contribution < 1.29 is 9.59 Å². The molecule has 0 rings (SSSR count). The number of rotatable bonds is 3. The summed E-state index contributed by atoms with van der Waals surface area (Å²) in [5, 5.41) is 2.26. The van der Waals surface area contributed by atoms with Gasteiger partial charge in [-0.3, -0.25) is 9.59 Å². The molecule has 0 bridgehead atoms. The van der Waals surface area contributed by atoms with E-state index in [1.807, 2.05) is 20.8 Å². The molecule has 0 aromatic carbocycles. The van der Waals surface area contributed by atoms with Gasteiger partial charge in [0.2, 0.25) is 5.91 Å². The smallest absolute Gasteiger partial charge is 0.264 e. The van der Waals surface area contributed by atoms with Crippen molar-refractivity contribution in [1.29, 1.82) is 0 Å². The fraction of sp³-hybridized carbons (Fsp3) is 0.400. The van der Waals surface area contributed by atoms with Gasteiger partial charge in [0.25, 0.3) is 5.91 Å². The third-order valence-electron chi connectivity index (χ3n) is 1.31. The van der Waals surface area contributed by atoms with Gasteiger partial charge in [0.05, 0.1) is 5.70 Å². The standard InChI is InChI=1S/C10H16N2O2/c1-7(9(11)14)12-8(13)5-6-10(2,3)4/h5-6H,1H2,2-4H3,(H2,11,14)(H,12,13). The molecule has 0 aliphatic carbocycles. The average Bonchev–Trinajstić information content (AvgIpc) is 1.99. The van der Waals surface area contributed by atoms with E-state index < -0.39 is 11.8 Å². The van der Waals surface area contributed by atoms with Crippen LogP contribution in [0.2, 0.25) is 0 Å². The first-order valence-electron chi connectivity index (χ1n) is 4.21. The molecule has 0 saturated carbocycles. The number of hydrogen-bond acceptors (Lipinski definition) is 2. The number of nitrogens with one attached hydrogen (secondary N) is 1. The van der Waals surface area contributed by atoms with Gasteiger partial charge in [0.15, 0.2) is 0 Å². The first kappa shape index (κ1) is 12.4. The maximum Gasteiger partial charge on any atom is 0.264 e. The molecular weight excluding hydrogens is 180 g/mol. The normalized spacial score (nSPS) is 11.4. The Morgan fingerprint density at radius 2 is 1.86 bits per heavy atom. The Morgan fingerprint density at radius 1 is 1.36 bits per heavy atom. The van der Waals surface area contributed by atoms with Crippen molar-refractivity contribution >= 4 is 11.8 Å². The molecule has 0 unspecified atom stereocenters. The summed E-state index contributed by atoms with van der Waals surface area (Å²) < 4.78 is 0. The highest BCUT2D eigenvalue weighted by molar-refractivity contribution is 5.98. The van der Waals surface area contributed by atoms with Crippen molar-refractivity contribution in [3.63, 3.8) is 0 Å². The molecule has 0 aromatic heterocycles. The lowest BCUT2D eigenvalue weighted by atomic mass is 9.96. The first-order valence-corrected chi connectivity index (χ1v) is 4.21. The van der Waals surface area contributed by atoms with Crippen LogP contribution >= 0.6 is 0 Å². The Hall–Kier alpha value is -1.58. The fourth-order valence-corrected chi connectivity index (χ4v) is 0.578. The predicted octanol–water partition coefficient (Wildman–Crippen LogP) is 0.704. The maximum atomic E-state index is 11.1. The van der Waals surface area contributed by atoms with Gasteiger partial charge in [-0.15, -0.1) is 0 Å². The molecular formula is C10H16N2O2. The van der Waals surface area contributed by atoms with Crippen molar-refractivity contribution in [3.05, 3.63) is 24.4 Å². The minimum atomic E-state index is -0.734. The minimum Gasteiger partial charge on any atom is -0.364 e. The molecule has 0 radical (unpaired) electrons. The van der Waals surface area contributed by atoms with Crippen LogP contribution in [0.15, 0.2) is 24.4 Å². The Kier molecular flexibility index (Phi) is 4.08. The van der Waals surface area contributed by atoms with Crippen LogP contribution in [0.1, 0.15) is 20.8 Å². The van der Waals surface area contributed by atoms with Crippen molar-refractivity contribution in [2.45, 2.75) is 20.8 Å². The molecule has 14 heavy (non-hydrogen) atoms. The molecule has 0 atom stereocenters. The lowest BCUT2D eigenvalue weighted by Crippen LogP contribution is -2.29. The highest BCUT2D eigenvalue weighted by atomic mass is 16.2. The van der Waals surface area contributed by atoms with Gasteiger partial charge in [0, 0.05) is 0 Å². The molecule has 0 fully saturated rings. The van der Waals surface area contributed by atoms with E-state index >= 15 is 0 Å². The zero-order valence-electron chi connectivity index (χ0n) is 8.76. The Morgan fingerprint density at radius 3 is 2.21 bits per heavy atom. The molecule has 2 amide bonds. The summed E-state index contributed by atoms with van der Waals surface area (Å²) in [6, 6.07) is 0. The van der Waals surface area contributed by atoms with Crippen LogP contribution in [0.5, 0.6) is 0 Å². The van der Waals surface area contributed by atoms with E-state index in [-0.39, 0.29) is 11.1 Å². The topological polar surface area (TPSA) is 72.2 Å². The number of amides is 2. The molecule has 3 N–H and O–H groups in total. The van der Waals surface area contributed by atoms with Gasteiger partial charge >= 0.3 is 0 Å². The van der Waals surface area contributed by atoms with E-state index in [1.54, 1.807) is 6.08 Å². The maximum absolute atomic E-state index is 11.1. The number of nitrogens with two attached hydrogens (primary N) is 1. The van der Waals surface area contributed by atoms with Crippen LogP contribution in [0, 0.1) is 5.41 Å². The predicted molar refractivity (Wildman–Crippen MR) is 55.1 cm³/mol. The summed E-state index contributed by atoms with van der Waals surface area (Å²) in [7, 11) is 0. The van der Waals surface area contributed by atoms with Crippen molar-refractivity contribution in [1.82, 2.24) is 5.32 Å². The number of hydrogen-bond donors (Lipinski definition) is 2. The summed E-state index contributed by atoms with van der Waals surface area (Å²) in [6.07, 6.45) is 3.09. The van der Waals surface area contributed by atoms with E-state index in [4.69, 9.17) is 5.73 Å². The summed E-state index contributed by atoms with van der Waals surface area (Å²) in [5.41, 5.74) is 4.71. The zero-order chi connectivity index (χ0) is 11.4. The van der Waals surface area contributed by atoms with Crippen LogP contribution in [-0.4, -0.2) is 11.8 Å². The van der Waals surface area contributed by atoms with E-state index in [0.717, 1.165) is 0 Å². The van der Waals surface area contributed by atoms with E-state index in [1.165, 1.54) is 6.08 Å². The summed E-state index contributed by atoms with van der Waals surface area (Å²) >= 11 is 0. The average molecular weight is 196 g/mol. The van der Waals surface area contributed by atoms with Crippen LogP contribution < -0.4 is 11.1 Å². The molecule has 0 aromatic rings. The number of primary amides is 1. The summed E-state index contributed by atoms with van der Waals surface area (Å²) in [5.74, 6) is -1.13. The molecule has 4 nitrogen and oxygen atoms in total. The minimum absolute atomic E-state index is 0.0780. The number of carbonyl (C=O) groups excluding carboxylic acids is 2. The molecule has 0 spiro atoms. The zero-order valence-corrected chi connectivity index (χ0v) is 8.76. The number of allylic oxidation sites excluding steroid dienone is 1. The Labute approximate surface area is 83.9 Å². The van der Waals surface area contributed by atoms with Gasteiger partial charge in [-0.1, -0.05) is 33.4 Å². The van der Waals surface area contributed by atoms with Crippen molar-refractivity contribution in [2.24, 2.45) is 11.1 Å². The van der Waals surface area contributed by atoms with Gasteiger partial charge in [0.1, 0.15) is 0 Å². The summed E-state index contributed by atoms with van der Waals surface area (Å²) in [4.78, 5) is 21.7. The SMILES string of the molecule is C=C(NC(=O)C=CC(C)(C)C)C(N)=O. The van der Waals surface area contributed by atoms with Crippen LogP contribution in [0.25, 0.3) is 0 Å². The lowest BCUT2D eigenvalue weighted by Gasteiger charge is -2.10. The van der Waals surface area contributed by atoms with E-state index in [0.29, 0.717) is 0 Å². The second-order valence-electron chi connectivity index (χ2n) is 4.03. The largest absolute Gasteiger partial charge is 0.364 e. The van der Waals surface area contributed by atoms with Gasteiger partial charge in [-0.05, 0) is 11.5 Å². The van der Waals surface area contributed by atoms with Gasteiger partial charge in [-0.2, -0.15) is 0 Å². The van der Waals surface area contributed by atoms with Crippen LogP contribution in [0.4, 0.5) is 0 Å². The number of carbonyl (C=O) groups is 2. The molecule has 0 aliphatic rings. The molecule has 0 saturated heterocycles. The first-order chi connectivity index (χ1) is 6.22. The fourth-order valence-electron chi connectivity index (χ4n) is 0.578. The Bertz CT molecular complexity index is 285. The molecule has 0 heterocycles. The molecule has 0 aliphatic heterocycles. The third-order valence-corrected chi connectivity index (χ3v) is 1.31. The second kappa shape index (κ2) is 4.60. The second-order valence-corrected chi connectivity index (χ2v) is 4.03. The monoisotopic (exact) mass is 196 g/mol. The van der Waals surface area contributed by atoms with E-state index in [2.05, 4.69) is 11.9 Å². The van der Waals surface area contributed by atoms with E-state index in [9.17, 15) is 9.59 Å².